The summed E-state index contributed by atoms with van der Waals surface area (Å²) >= 11 is 1.61. The smallest absolute Gasteiger partial charge is 0.340 e. The molecule has 0 saturated carbocycles. The number of benzene rings is 2. The monoisotopic (exact) mass is 579 g/mol. The van der Waals surface area contributed by atoms with Crippen molar-refractivity contribution in [1.82, 2.24) is 4.57 Å². The number of aliphatic imine (C=N–C) groups is 1. The molecule has 0 spiro atoms. The number of ether oxygens (including phenoxy) is 1. The van der Waals surface area contributed by atoms with Crippen molar-refractivity contribution in [2.45, 2.75) is 37.5 Å². The zero-order valence-electron chi connectivity index (χ0n) is 21.6. The molecule has 0 aliphatic rings. The third kappa shape index (κ3) is 7.18. The lowest BCUT2D eigenvalue weighted by atomic mass is 9.94. The first-order valence-corrected chi connectivity index (χ1v) is 12.7. The Bertz CT molecular complexity index is 1330. The summed E-state index contributed by atoms with van der Waals surface area (Å²) < 4.78 is 7.43. The SMILES string of the molecule is CCOC(=O)c1c(CSc2ccccc2)n(C)c2cc(/C(=C/C=C\N)CC)c(O)c(CN=C(N)N)c12.Cl.Cl. The lowest BCUT2D eigenvalue weighted by Crippen LogP contribution is -2.22. The second kappa shape index (κ2) is 15.2. The van der Waals surface area contributed by atoms with Gasteiger partial charge in [0.05, 0.1) is 24.2 Å². The number of hydrogen-bond acceptors (Lipinski definition) is 6. The van der Waals surface area contributed by atoms with Crippen LogP contribution in [0, 0.1) is 0 Å². The number of carbonyl (C=O) groups is 1. The van der Waals surface area contributed by atoms with Crippen molar-refractivity contribution < 1.29 is 14.6 Å². The molecule has 3 rings (SSSR count). The molecule has 11 heteroatoms. The molecule has 0 unspecified atom stereocenters. The predicted octanol–water partition coefficient (Wildman–Crippen LogP) is 5.24. The first-order chi connectivity index (χ1) is 17.3. The number of phenols is 1. The highest BCUT2D eigenvalue weighted by Crippen LogP contribution is 2.41. The number of esters is 1. The zero-order chi connectivity index (χ0) is 26.2. The number of nitrogens with two attached hydrogens (primary N) is 3. The van der Waals surface area contributed by atoms with Gasteiger partial charge in [0.15, 0.2) is 5.96 Å². The fourth-order valence-corrected chi connectivity index (χ4v) is 5.10. The molecule has 0 fully saturated rings. The Balaban J connectivity index is 0.00000361. The molecule has 7 N–H and O–H groups in total. The fraction of sp³-hybridized carbons (Fsp3) is 0.259. The van der Waals surface area contributed by atoms with E-state index in [9.17, 15) is 9.90 Å². The Morgan fingerprint density at radius 1 is 1.18 bits per heavy atom. The summed E-state index contributed by atoms with van der Waals surface area (Å²) in [5.41, 5.74) is 20.7. The number of nitrogens with zero attached hydrogens (tertiary/aromatic N) is 2. The van der Waals surface area contributed by atoms with Crippen molar-refractivity contribution in [2.75, 3.05) is 6.61 Å². The summed E-state index contributed by atoms with van der Waals surface area (Å²) in [4.78, 5) is 18.5. The summed E-state index contributed by atoms with van der Waals surface area (Å²) in [5, 5.41) is 12.0. The highest BCUT2D eigenvalue weighted by molar-refractivity contribution is 7.98. The zero-order valence-corrected chi connectivity index (χ0v) is 24.1. The van der Waals surface area contributed by atoms with Crippen LogP contribution in [0.15, 0.2) is 64.6 Å². The van der Waals surface area contributed by atoms with E-state index in [1.54, 1.807) is 24.8 Å². The second-order valence-corrected chi connectivity index (χ2v) is 9.07. The topological polar surface area (TPSA) is 142 Å². The molecule has 0 atom stereocenters. The van der Waals surface area contributed by atoms with E-state index in [1.807, 2.05) is 61.0 Å². The van der Waals surface area contributed by atoms with E-state index in [0.29, 0.717) is 34.3 Å². The number of hydrogen-bond donors (Lipinski definition) is 4. The molecular formula is C27H35Cl2N5O3S. The number of phenolic OH excluding ortho intramolecular Hbond substituents is 1. The fourth-order valence-electron chi connectivity index (χ4n) is 4.11. The number of aromatic nitrogens is 1. The van der Waals surface area contributed by atoms with Crippen LogP contribution in [0.4, 0.5) is 0 Å². The number of allylic oxidation sites excluding steroid dienone is 3. The molecule has 1 heterocycles. The third-order valence-corrected chi connectivity index (χ3v) is 6.86. The molecule has 0 saturated heterocycles. The second-order valence-electron chi connectivity index (χ2n) is 8.02. The van der Waals surface area contributed by atoms with E-state index < -0.39 is 5.97 Å². The number of rotatable bonds is 10. The maximum absolute atomic E-state index is 13.3. The van der Waals surface area contributed by atoms with E-state index in [0.717, 1.165) is 21.7 Å². The van der Waals surface area contributed by atoms with Crippen LogP contribution in [-0.4, -0.2) is 28.2 Å². The molecule has 0 aliphatic carbocycles. The lowest BCUT2D eigenvalue weighted by molar-refractivity contribution is 0.0527. The van der Waals surface area contributed by atoms with E-state index in [4.69, 9.17) is 21.9 Å². The van der Waals surface area contributed by atoms with Crippen LogP contribution in [0.5, 0.6) is 5.75 Å². The van der Waals surface area contributed by atoms with Crippen molar-refractivity contribution >= 4 is 65.0 Å². The first kappa shape index (κ1) is 32.8. The van der Waals surface area contributed by atoms with Gasteiger partial charge in [-0.2, -0.15) is 0 Å². The molecule has 206 valence electrons. The minimum absolute atomic E-state index is 0. The molecule has 0 radical (unpaired) electrons. The van der Waals surface area contributed by atoms with Crippen molar-refractivity contribution in [3.05, 3.63) is 77.1 Å². The van der Waals surface area contributed by atoms with E-state index in [2.05, 4.69) is 4.99 Å². The highest BCUT2D eigenvalue weighted by Gasteiger charge is 2.28. The highest BCUT2D eigenvalue weighted by atomic mass is 35.5. The van der Waals surface area contributed by atoms with Gasteiger partial charge >= 0.3 is 5.97 Å². The number of thioether (sulfide) groups is 1. The third-order valence-electron chi connectivity index (χ3n) is 5.84. The minimum atomic E-state index is -0.456. The van der Waals surface area contributed by atoms with Gasteiger partial charge in [-0.15, -0.1) is 36.6 Å². The van der Waals surface area contributed by atoms with Gasteiger partial charge in [-0.1, -0.05) is 31.2 Å². The summed E-state index contributed by atoms with van der Waals surface area (Å²) in [6.07, 6.45) is 5.66. The average Bonchev–Trinajstić information content (AvgIpc) is 3.14. The molecule has 0 bridgehead atoms. The number of aryl methyl sites for hydroxylation is 1. The van der Waals surface area contributed by atoms with E-state index in [1.165, 1.54) is 6.20 Å². The molecule has 1 aromatic heterocycles. The van der Waals surface area contributed by atoms with Gasteiger partial charge < -0.3 is 31.6 Å². The molecule has 2 aromatic carbocycles. The molecule has 3 aromatic rings. The van der Waals surface area contributed by atoms with E-state index in [-0.39, 0.29) is 49.7 Å². The van der Waals surface area contributed by atoms with Crippen molar-refractivity contribution in [1.29, 1.82) is 0 Å². The summed E-state index contributed by atoms with van der Waals surface area (Å²) in [5.74, 6) is -0.0292. The van der Waals surface area contributed by atoms with Crippen LogP contribution in [0.1, 0.15) is 47.4 Å². The van der Waals surface area contributed by atoms with Crippen LogP contribution >= 0.6 is 36.6 Å². The molecule has 8 nitrogen and oxygen atoms in total. The van der Waals surface area contributed by atoms with Crippen molar-refractivity contribution in [3.8, 4) is 5.75 Å². The molecule has 0 amide bonds. The van der Waals surface area contributed by atoms with Gasteiger partial charge in [0, 0.05) is 39.9 Å². The summed E-state index contributed by atoms with van der Waals surface area (Å²) in [6, 6.07) is 11.8. The lowest BCUT2D eigenvalue weighted by Gasteiger charge is -2.14. The summed E-state index contributed by atoms with van der Waals surface area (Å²) in [6.45, 7) is 3.99. The Kier molecular flexibility index (Phi) is 13.1. The minimum Gasteiger partial charge on any atom is -0.507 e. The van der Waals surface area contributed by atoms with Crippen LogP contribution < -0.4 is 17.2 Å². The number of carbonyl (C=O) groups excluding carboxylic acids is 1. The Hall–Kier alpha value is -3.27. The number of halogens is 2. The Morgan fingerprint density at radius 3 is 2.45 bits per heavy atom. The number of aromatic hydroxyl groups is 1. The summed E-state index contributed by atoms with van der Waals surface area (Å²) in [7, 11) is 1.91. The first-order valence-electron chi connectivity index (χ1n) is 11.7. The maximum atomic E-state index is 13.3. The van der Waals surface area contributed by atoms with Gasteiger partial charge in [0.2, 0.25) is 0 Å². The average molecular weight is 581 g/mol. The normalized spacial score (nSPS) is 11.2. The van der Waals surface area contributed by atoms with Crippen molar-refractivity contribution in [3.63, 3.8) is 0 Å². The van der Waals surface area contributed by atoms with Crippen LogP contribution in [0.2, 0.25) is 0 Å². The van der Waals surface area contributed by atoms with Gasteiger partial charge in [0.25, 0.3) is 0 Å². The van der Waals surface area contributed by atoms with Gasteiger partial charge in [-0.05, 0) is 49.4 Å². The molecular weight excluding hydrogens is 545 g/mol. The van der Waals surface area contributed by atoms with Crippen molar-refractivity contribution in [2.24, 2.45) is 29.2 Å². The molecule has 0 aliphatic heterocycles. The Labute approximate surface area is 239 Å². The number of guanidine groups is 1. The van der Waals surface area contributed by atoms with Gasteiger partial charge in [-0.3, -0.25) is 0 Å². The molecule has 38 heavy (non-hydrogen) atoms. The predicted molar refractivity (Wildman–Crippen MR) is 162 cm³/mol. The van der Waals surface area contributed by atoms with Crippen LogP contribution in [0.25, 0.3) is 16.5 Å². The maximum Gasteiger partial charge on any atom is 0.340 e. The van der Waals surface area contributed by atoms with Crippen LogP contribution in [-0.2, 0) is 24.1 Å². The largest absolute Gasteiger partial charge is 0.507 e. The van der Waals surface area contributed by atoms with Crippen LogP contribution in [0.3, 0.4) is 0 Å². The quantitative estimate of drug-likeness (QED) is 0.0845. The van der Waals surface area contributed by atoms with Gasteiger partial charge in [-0.25, -0.2) is 9.79 Å². The van der Waals surface area contributed by atoms with E-state index >= 15 is 0 Å². The number of fused-ring (bicyclic) bond motifs is 1. The standard InChI is InChI=1S/C27H33N5O3S.2ClH/c1-4-17(10-9-13-28)19-14-21-23(20(25(19)33)15-31-27(29)30)24(26(34)35-5-2)22(32(21)3)16-36-18-11-7-6-8-12-18;;/h6-14,33H,4-5,15-16,28H2,1-3H3,(H4,29,30,31);2*1H/b13-9-,17-10+;;. The Morgan fingerprint density at radius 2 is 1.87 bits per heavy atom. The van der Waals surface area contributed by atoms with Gasteiger partial charge in [0.1, 0.15) is 5.75 Å².